The maximum Gasteiger partial charge on any atom is 0.340 e. The standard InChI is InChI=1S/C14H10Br2N2O3/c15-10-5-9(6-17-7-10)14(20)21-8-13(19)18-12-4-2-1-3-11(12)16/h1-7H,8H2,(H,18,19). The molecule has 0 saturated carbocycles. The van der Waals surface area contributed by atoms with Gasteiger partial charge in [-0.05, 0) is 50.1 Å². The second-order valence-electron chi connectivity index (χ2n) is 4.00. The minimum atomic E-state index is -0.605. The van der Waals surface area contributed by atoms with Gasteiger partial charge < -0.3 is 10.1 Å². The molecule has 0 atom stereocenters. The van der Waals surface area contributed by atoms with Gasteiger partial charge >= 0.3 is 5.97 Å². The summed E-state index contributed by atoms with van der Waals surface area (Å²) in [4.78, 5) is 27.3. The minimum absolute atomic E-state index is 0.276. The Hall–Kier alpha value is -1.73. The molecular weight excluding hydrogens is 404 g/mol. The van der Waals surface area contributed by atoms with Crippen molar-refractivity contribution in [2.45, 2.75) is 0 Å². The van der Waals surface area contributed by atoms with E-state index in [1.54, 1.807) is 30.5 Å². The fraction of sp³-hybridized carbons (Fsp3) is 0.0714. The SMILES string of the molecule is O=C(COC(=O)c1cncc(Br)c1)Nc1ccccc1Br. The van der Waals surface area contributed by atoms with Crippen LogP contribution in [-0.2, 0) is 9.53 Å². The van der Waals surface area contributed by atoms with Crippen LogP contribution in [0.4, 0.5) is 5.69 Å². The van der Waals surface area contributed by atoms with Crippen molar-refractivity contribution in [1.29, 1.82) is 0 Å². The number of hydrogen-bond donors (Lipinski definition) is 1. The number of anilines is 1. The molecule has 0 radical (unpaired) electrons. The fourth-order valence-electron chi connectivity index (χ4n) is 1.49. The second kappa shape index (κ2) is 7.33. The molecule has 0 spiro atoms. The number of halogens is 2. The summed E-state index contributed by atoms with van der Waals surface area (Å²) in [6, 6.07) is 8.73. The Kier molecular flexibility index (Phi) is 5.46. The van der Waals surface area contributed by atoms with Gasteiger partial charge in [0.2, 0.25) is 0 Å². The Labute approximate surface area is 138 Å². The maximum atomic E-state index is 11.7. The molecule has 1 aromatic carbocycles. The Morgan fingerprint density at radius 3 is 2.67 bits per heavy atom. The van der Waals surface area contributed by atoms with Crippen molar-refractivity contribution < 1.29 is 14.3 Å². The quantitative estimate of drug-likeness (QED) is 0.780. The minimum Gasteiger partial charge on any atom is -0.452 e. The van der Waals surface area contributed by atoms with Gasteiger partial charge in [0.1, 0.15) is 0 Å². The molecule has 1 aromatic heterocycles. The number of aromatic nitrogens is 1. The smallest absolute Gasteiger partial charge is 0.340 e. The monoisotopic (exact) mass is 412 g/mol. The summed E-state index contributed by atoms with van der Waals surface area (Å²) in [6.07, 6.45) is 2.93. The first-order valence-electron chi connectivity index (χ1n) is 5.88. The van der Waals surface area contributed by atoms with Crippen molar-refractivity contribution >= 4 is 49.4 Å². The zero-order chi connectivity index (χ0) is 15.2. The number of rotatable bonds is 4. The van der Waals surface area contributed by atoms with Crippen molar-refractivity contribution in [3.8, 4) is 0 Å². The number of amides is 1. The van der Waals surface area contributed by atoms with Gasteiger partial charge in [-0.1, -0.05) is 12.1 Å². The summed E-state index contributed by atoms with van der Waals surface area (Å²) in [5.74, 6) is -1.02. The van der Waals surface area contributed by atoms with Gasteiger partial charge in [0, 0.05) is 21.3 Å². The van der Waals surface area contributed by atoms with Crippen molar-refractivity contribution in [3.05, 3.63) is 57.2 Å². The first-order chi connectivity index (χ1) is 10.1. The number of nitrogens with zero attached hydrogens (tertiary/aromatic N) is 1. The highest BCUT2D eigenvalue weighted by Gasteiger charge is 2.11. The van der Waals surface area contributed by atoms with E-state index in [2.05, 4.69) is 42.2 Å². The summed E-state index contributed by atoms with van der Waals surface area (Å²) in [5, 5.41) is 2.64. The zero-order valence-electron chi connectivity index (χ0n) is 10.7. The number of benzene rings is 1. The highest BCUT2D eigenvalue weighted by Crippen LogP contribution is 2.21. The third-order valence-corrected chi connectivity index (χ3v) is 3.55. The highest BCUT2D eigenvalue weighted by atomic mass is 79.9. The van der Waals surface area contributed by atoms with Crippen LogP contribution in [0.2, 0.25) is 0 Å². The van der Waals surface area contributed by atoms with Crippen LogP contribution in [0.5, 0.6) is 0 Å². The van der Waals surface area contributed by atoms with E-state index in [0.29, 0.717) is 10.2 Å². The van der Waals surface area contributed by atoms with Crippen molar-refractivity contribution in [1.82, 2.24) is 4.98 Å². The van der Waals surface area contributed by atoms with Crippen LogP contribution in [0.25, 0.3) is 0 Å². The lowest BCUT2D eigenvalue weighted by Crippen LogP contribution is -2.21. The van der Waals surface area contributed by atoms with Crippen molar-refractivity contribution in [2.24, 2.45) is 0 Å². The number of esters is 1. The van der Waals surface area contributed by atoms with E-state index in [1.165, 1.54) is 6.20 Å². The summed E-state index contributed by atoms with van der Waals surface area (Å²) >= 11 is 6.52. The number of hydrogen-bond acceptors (Lipinski definition) is 4. The number of carbonyl (C=O) groups is 2. The zero-order valence-corrected chi connectivity index (χ0v) is 13.8. The molecular formula is C14H10Br2N2O3. The Morgan fingerprint density at radius 1 is 1.19 bits per heavy atom. The molecule has 2 aromatic rings. The molecule has 108 valence electrons. The average Bonchev–Trinajstić information content (AvgIpc) is 2.47. The predicted octanol–water partition coefficient (Wildman–Crippen LogP) is 3.40. The molecule has 0 saturated heterocycles. The molecule has 1 N–H and O–H groups in total. The Bertz CT molecular complexity index is 677. The summed E-state index contributed by atoms with van der Waals surface area (Å²) in [5.41, 5.74) is 0.890. The average molecular weight is 414 g/mol. The normalized spacial score (nSPS) is 10.0. The fourth-order valence-corrected chi connectivity index (χ4v) is 2.24. The molecule has 0 unspecified atom stereocenters. The molecule has 0 bridgehead atoms. The van der Waals surface area contributed by atoms with E-state index in [-0.39, 0.29) is 12.2 Å². The Balaban J connectivity index is 1.90. The van der Waals surface area contributed by atoms with E-state index >= 15 is 0 Å². The summed E-state index contributed by atoms with van der Waals surface area (Å²) < 4.78 is 6.34. The van der Waals surface area contributed by atoms with E-state index < -0.39 is 11.9 Å². The third kappa shape index (κ3) is 4.64. The molecule has 5 nitrogen and oxygen atoms in total. The predicted molar refractivity (Wildman–Crippen MR) is 85.0 cm³/mol. The molecule has 21 heavy (non-hydrogen) atoms. The van der Waals surface area contributed by atoms with E-state index in [9.17, 15) is 9.59 Å². The largest absolute Gasteiger partial charge is 0.452 e. The molecule has 0 fully saturated rings. The first-order valence-corrected chi connectivity index (χ1v) is 7.47. The van der Waals surface area contributed by atoms with Crippen molar-refractivity contribution in [2.75, 3.05) is 11.9 Å². The van der Waals surface area contributed by atoms with Gasteiger partial charge in [0.05, 0.1) is 11.3 Å². The van der Waals surface area contributed by atoms with Crippen LogP contribution in [0.1, 0.15) is 10.4 Å². The van der Waals surface area contributed by atoms with Crippen molar-refractivity contribution in [3.63, 3.8) is 0 Å². The van der Waals surface area contributed by atoms with E-state index in [4.69, 9.17) is 4.74 Å². The van der Waals surface area contributed by atoms with E-state index in [0.717, 1.165) is 4.47 Å². The van der Waals surface area contributed by atoms with Crippen LogP contribution >= 0.6 is 31.9 Å². The number of para-hydroxylation sites is 1. The maximum absolute atomic E-state index is 11.7. The number of ether oxygens (including phenoxy) is 1. The van der Waals surface area contributed by atoms with Gasteiger partial charge in [-0.2, -0.15) is 0 Å². The van der Waals surface area contributed by atoms with Crippen LogP contribution < -0.4 is 5.32 Å². The number of carbonyl (C=O) groups excluding carboxylic acids is 2. The lowest BCUT2D eigenvalue weighted by Gasteiger charge is -2.08. The Morgan fingerprint density at radius 2 is 1.95 bits per heavy atom. The van der Waals surface area contributed by atoms with Gasteiger partial charge in [0.25, 0.3) is 5.91 Å². The molecule has 0 aliphatic heterocycles. The molecule has 0 aliphatic rings. The van der Waals surface area contributed by atoms with Gasteiger partial charge in [-0.15, -0.1) is 0 Å². The van der Waals surface area contributed by atoms with E-state index in [1.807, 2.05) is 6.07 Å². The molecule has 1 heterocycles. The second-order valence-corrected chi connectivity index (χ2v) is 5.77. The van der Waals surface area contributed by atoms with Crippen LogP contribution in [0, 0.1) is 0 Å². The van der Waals surface area contributed by atoms with Crippen LogP contribution in [-0.4, -0.2) is 23.5 Å². The lowest BCUT2D eigenvalue weighted by molar-refractivity contribution is -0.119. The van der Waals surface area contributed by atoms with Crippen LogP contribution in [0.3, 0.4) is 0 Å². The summed E-state index contributed by atoms with van der Waals surface area (Å²) in [6.45, 7) is -0.368. The molecule has 2 rings (SSSR count). The molecule has 7 heteroatoms. The third-order valence-electron chi connectivity index (χ3n) is 2.42. The molecule has 0 aliphatic carbocycles. The van der Waals surface area contributed by atoms with Gasteiger partial charge in [-0.3, -0.25) is 9.78 Å². The van der Waals surface area contributed by atoms with Crippen LogP contribution in [0.15, 0.2) is 51.7 Å². The number of pyridine rings is 1. The summed E-state index contributed by atoms with van der Waals surface area (Å²) in [7, 11) is 0. The lowest BCUT2D eigenvalue weighted by atomic mass is 10.3. The highest BCUT2D eigenvalue weighted by molar-refractivity contribution is 9.10. The topological polar surface area (TPSA) is 68.3 Å². The van der Waals surface area contributed by atoms with Gasteiger partial charge in [-0.25, -0.2) is 4.79 Å². The number of nitrogens with one attached hydrogen (secondary N) is 1. The first kappa shape index (κ1) is 15.7. The molecule has 1 amide bonds. The van der Waals surface area contributed by atoms with Gasteiger partial charge in [0.15, 0.2) is 6.61 Å².